The summed E-state index contributed by atoms with van der Waals surface area (Å²) >= 11 is 0. The molecule has 3 saturated heterocycles. The topological polar surface area (TPSA) is 332 Å². The highest BCUT2D eigenvalue weighted by molar-refractivity contribution is 7.68. The lowest BCUT2D eigenvalue weighted by atomic mass is 10.1. The molecule has 2 aromatic heterocycles. The predicted octanol–water partition coefficient (Wildman–Crippen LogP) is -2.66. The van der Waals surface area contributed by atoms with E-state index in [1.54, 1.807) is 0 Å². The molecule has 0 aromatic carbocycles. The van der Waals surface area contributed by atoms with Crippen molar-refractivity contribution >= 4 is 40.8 Å². The second kappa shape index (κ2) is 11.0. The second-order valence-electron chi connectivity index (χ2n) is 8.56. The van der Waals surface area contributed by atoms with Crippen LogP contribution in [-0.4, -0.2) is 106 Å². The van der Waals surface area contributed by atoms with Crippen molar-refractivity contribution in [3.63, 3.8) is 0 Å². The minimum absolute atomic E-state index is 0.00485. The maximum Gasteiger partial charge on any atom is 0.655 e. The largest absolute Gasteiger partial charge is 0.655 e. The van der Waals surface area contributed by atoms with E-state index < -0.39 is 86.1 Å². The molecule has 0 amide bonds. The summed E-state index contributed by atoms with van der Waals surface area (Å²) in [7, 11) is -14.1. The van der Waals surface area contributed by atoms with Crippen LogP contribution in [0.3, 0.4) is 0 Å². The van der Waals surface area contributed by atoms with Crippen molar-refractivity contribution in [1.29, 1.82) is 0 Å². The first-order valence-corrected chi connectivity index (χ1v) is 15.6. The lowest BCUT2D eigenvalue weighted by Crippen LogP contribution is -2.37. The molecule has 224 valence electrons. The molecule has 0 bridgehead atoms. The van der Waals surface area contributed by atoms with Gasteiger partial charge in [0.2, 0.25) is 0 Å². The summed E-state index contributed by atoms with van der Waals surface area (Å²) in [5, 5.41) is 30.2. The predicted molar refractivity (Wildman–Crippen MR) is 123 cm³/mol. The molecule has 3 aliphatic heterocycles. The van der Waals surface area contributed by atoms with Gasteiger partial charge in [-0.05, 0) is 4.31 Å². The average molecular weight is 637 g/mol. The summed E-state index contributed by atoms with van der Waals surface area (Å²) in [6, 6.07) is 0. The molecule has 0 radical (unpaired) electrons. The van der Waals surface area contributed by atoms with Crippen molar-refractivity contribution in [2.45, 2.75) is 49.1 Å². The molecule has 5 rings (SSSR count). The standard InChI is InChI=1S/C15H23N6O16P3/c16-12-7-14(19-3-18-12)21(4-20-7)15-11(34-38(25,26)27)9(23)6(33-15)2-31-40(35-36-40)37-39(28,29)30-1-5-8(22)10(24)13(17)32-5/h3-6,8-11,13,15,22-24H,1-2,17H2,(H4-,16,18,19,25,26,27,28,29)/p+1/t5-,6-,8-,9-,10-,11-,13-,15-/m1/s1. The zero-order valence-corrected chi connectivity index (χ0v) is 22.4. The Bertz CT molecular complexity index is 1330. The van der Waals surface area contributed by atoms with E-state index in [0.29, 0.717) is 0 Å². The van der Waals surface area contributed by atoms with Crippen LogP contribution in [0.5, 0.6) is 0 Å². The monoisotopic (exact) mass is 637 g/mol. The van der Waals surface area contributed by atoms with Crippen molar-refractivity contribution in [1.82, 2.24) is 19.5 Å². The molecule has 1 unspecified atom stereocenters. The lowest BCUT2D eigenvalue weighted by Gasteiger charge is -2.21. The normalized spacial score (nSPS) is 35.3. The Balaban J connectivity index is 1.24. The number of nitrogens with zero attached hydrogens (tertiary/aromatic N) is 4. The third-order valence-electron chi connectivity index (χ3n) is 5.83. The molecule has 3 aliphatic rings. The van der Waals surface area contributed by atoms with Crippen molar-refractivity contribution in [2.24, 2.45) is 5.73 Å². The molecule has 0 saturated carbocycles. The number of phosphoric ester groups is 2. The van der Waals surface area contributed by atoms with Crippen molar-refractivity contribution in [3.05, 3.63) is 12.7 Å². The van der Waals surface area contributed by atoms with E-state index in [4.69, 9.17) is 38.8 Å². The number of aliphatic hydroxyl groups is 3. The number of nitrogens with two attached hydrogens (primary N) is 2. The molecule has 2 aromatic rings. The van der Waals surface area contributed by atoms with E-state index in [1.807, 2.05) is 0 Å². The highest BCUT2D eigenvalue weighted by Crippen LogP contribution is 2.83. The van der Waals surface area contributed by atoms with Gasteiger partial charge in [-0.3, -0.25) is 13.6 Å². The first-order chi connectivity index (χ1) is 18.7. The van der Waals surface area contributed by atoms with Gasteiger partial charge in [-0.25, -0.2) is 24.1 Å². The van der Waals surface area contributed by atoms with Crippen LogP contribution < -0.4 is 11.5 Å². The molecule has 9 atom stereocenters. The first-order valence-electron chi connectivity index (χ1n) is 11.1. The third kappa shape index (κ3) is 6.35. The highest BCUT2D eigenvalue weighted by Gasteiger charge is 2.76. The molecule has 0 aliphatic carbocycles. The van der Waals surface area contributed by atoms with E-state index in [-0.39, 0.29) is 17.0 Å². The number of rotatable bonds is 11. The van der Waals surface area contributed by atoms with Crippen LogP contribution in [0.2, 0.25) is 0 Å². The summed E-state index contributed by atoms with van der Waals surface area (Å²) in [4.78, 5) is 40.6. The van der Waals surface area contributed by atoms with Gasteiger partial charge in [0.1, 0.15) is 61.3 Å². The number of nitrogen functional groups attached to an aromatic ring is 1. The average Bonchev–Trinajstić information content (AvgIpc) is 3.25. The van der Waals surface area contributed by atoms with Crippen molar-refractivity contribution in [2.75, 3.05) is 18.9 Å². The second-order valence-corrected chi connectivity index (χ2v) is 13.0. The Morgan fingerprint density at radius 3 is 2.33 bits per heavy atom. The fourth-order valence-electron chi connectivity index (χ4n) is 3.93. The van der Waals surface area contributed by atoms with Gasteiger partial charge < -0.3 is 50.9 Å². The quantitative estimate of drug-likeness (QED) is 0.0707. The van der Waals surface area contributed by atoms with Crippen LogP contribution in [0.25, 0.3) is 11.2 Å². The minimum Gasteiger partial charge on any atom is -0.387 e. The number of hydrogen-bond acceptors (Lipinski definition) is 18. The zero-order valence-electron chi connectivity index (χ0n) is 19.7. The number of fused-ring (bicyclic) bond motifs is 1. The van der Waals surface area contributed by atoms with E-state index in [2.05, 4.69) is 24.3 Å². The fourth-order valence-corrected chi connectivity index (χ4v) is 7.05. The van der Waals surface area contributed by atoms with Crippen LogP contribution >= 0.6 is 23.8 Å². The molecule has 10 N–H and O–H groups in total. The number of aromatic nitrogens is 4. The van der Waals surface area contributed by atoms with E-state index >= 15 is 0 Å². The first kappa shape index (κ1) is 30.1. The van der Waals surface area contributed by atoms with Crippen LogP contribution in [-0.2, 0) is 45.8 Å². The van der Waals surface area contributed by atoms with Crippen LogP contribution in [0, 0.1) is 0 Å². The molecule has 0 spiro atoms. The number of hydrogen-bond donors (Lipinski definition) is 8. The number of phosphoric acid groups is 2. The minimum atomic E-state index is -5.16. The fraction of sp³-hybridized carbons (Fsp3) is 0.667. The van der Waals surface area contributed by atoms with Gasteiger partial charge in [-0.1, -0.05) is 0 Å². The van der Waals surface area contributed by atoms with Gasteiger partial charge in [0, 0.05) is 0 Å². The maximum absolute atomic E-state index is 12.4. The van der Waals surface area contributed by atoms with Gasteiger partial charge in [0.15, 0.2) is 17.7 Å². The van der Waals surface area contributed by atoms with E-state index in [9.17, 15) is 39.1 Å². The molecule has 5 heterocycles. The van der Waals surface area contributed by atoms with E-state index in [1.165, 1.54) is 10.9 Å². The summed E-state index contributed by atoms with van der Waals surface area (Å²) in [5.74, 6) is 0.00485. The number of ether oxygens (including phenoxy) is 2. The number of anilines is 1. The van der Waals surface area contributed by atoms with Gasteiger partial charge in [-0.15, -0.1) is 4.52 Å². The van der Waals surface area contributed by atoms with Crippen LogP contribution in [0.1, 0.15) is 6.23 Å². The molecule has 40 heavy (non-hydrogen) atoms. The molecule has 25 heteroatoms. The van der Waals surface area contributed by atoms with Gasteiger partial charge in [0.05, 0.1) is 22.3 Å². The SMILES string of the molecule is Nc1ncnc2c1ncn2[C@@H]1O[C@H](CO[P+]2(OP(=O)(O)OC[C@H]3O[C@@H](N)[C@H](O)[C@@H]3O)OO2)[C@@H](O)[C@H]1OP(=O)(O)O. The third-order valence-corrected chi connectivity index (χ3v) is 9.31. The number of imidazole rings is 1. The lowest BCUT2D eigenvalue weighted by molar-refractivity contribution is -0.0477. The van der Waals surface area contributed by atoms with E-state index in [0.717, 1.165) is 6.33 Å². The zero-order chi connectivity index (χ0) is 29.0. The van der Waals surface area contributed by atoms with Gasteiger partial charge >= 0.3 is 23.8 Å². The number of aliphatic hydroxyl groups excluding tert-OH is 3. The molecule has 3 fully saturated rings. The summed E-state index contributed by atoms with van der Waals surface area (Å²) < 4.78 is 64.7. The van der Waals surface area contributed by atoms with Crippen molar-refractivity contribution in [3.8, 4) is 0 Å². The summed E-state index contributed by atoms with van der Waals surface area (Å²) in [6.45, 7) is -1.39. The Morgan fingerprint density at radius 2 is 1.70 bits per heavy atom. The Hall–Kier alpha value is -1.36. The van der Waals surface area contributed by atoms with Crippen LogP contribution in [0.4, 0.5) is 5.82 Å². The summed E-state index contributed by atoms with van der Waals surface area (Å²) in [5.41, 5.74) is 11.4. The Labute approximate surface area is 223 Å². The highest BCUT2D eigenvalue weighted by atomic mass is 31.3. The Kier molecular flexibility index (Phi) is 8.31. The molecule has 22 nitrogen and oxygen atoms in total. The summed E-state index contributed by atoms with van der Waals surface area (Å²) in [6.07, 6.45) is -9.42. The smallest absolute Gasteiger partial charge is 0.387 e. The van der Waals surface area contributed by atoms with Gasteiger partial charge in [-0.2, -0.15) is 0 Å². The molecular formula is C15H24N6O16P3+. The van der Waals surface area contributed by atoms with Crippen LogP contribution in [0.15, 0.2) is 12.7 Å². The molecular weight excluding hydrogens is 613 g/mol. The van der Waals surface area contributed by atoms with Crippen molar-refractivity contribution < 1.29 is 75.8 Å². The van der Waals surface area contributed by atoms with Gasteiger partial charge in [0.25, 0.3) is 0 Å². The maximum atomic E-state index is 12.4. The Morgan fingerprint density at radius 1 is 1.00 bits per heavy atom.